The van der Waals surface area contributed by atoms with Crippen molar-refractivity contribution in [3.63, 3.8) is 0 Å². The maximum Gasteiger partial charge on any atom is 0.251 e. The van der Waals surface area contributed by atoms with Crippen LogP contribution in [-0.2, 0) is 16.8 Å². The molecule has 2 aliphatic rings. The van der Waals surface area contributed by atoms with Crippen molar-refractivity contribution in [2.75, 3.05) is 26.7 Å². The highest BCUT2D eigenvalue weighted by atomic mass is 32.2. The van der Waals surface area contributed by atoms with Gasteiger partial charge in [0.1, 0.15) is 0 Å². The van der Waals surface area contributed by atoms with Crippen molar-refractivity contribution < 1.29 is 13.6 Å². The molecule has 136 valence electrons. The monoisotopic (exact) mass is 370 g/mol. The van der Waals surface area contributed by atoms with Gasteiger partial charge in [-0.25, -0.2) is 4.21 Å². The van der Waals surface area contributed by atoms with E-state index in [-0.39, 0.29) is 11.7 Å². The van der Waals surface area contributed by atoms with E-state index in [0.717, 1.165) is 40.9 Å². The maximum absolute atomic E-state index is 12.7. The quantitative estimate of drug-likeness (QED) is 0.815. The van der Waals surface area contributed by atoms with Gasteiger partial charge >= 0.3 is 0 Å². The predicted molar refractivity (Wildman–Crippen MR) is 102 cm³/mol. The van der Waals surface area contributed by atoms with Crippen LogP contribution in [0.1, 0.15) is 27.4 Å². The zero-order valence-electron chi connectivity index (χ0n) is 14.6. The molecule has 4 rings (SSSR count). The minimum absolute atomic E-state index is 0.0258. The Morgan fingerprint density at radius 3 is 2.81 bits per heavy atom. The molecule has 2 heterocycles. The lowest BCUT2D eigenvalue weighted by Gasteiger charge is -2.17. The minimum atomic E-state index is -1.90. The second-order valence-corrected chi connectivity index (χ2v) is 8.15. The van der Waals surface area contributed by atoms with E-state index in [2.05, 4.69) is 23.3 Å². The number of amides is 1. The van der Waals surface area contributed by atoms with E-state index >= 15 is 0 Å². The average Bonchev–Trinajstić information content (AvgIpc) is 2.94. The third-order valence-corrected chi connectivity index (χ3v) is 6.01. The van der Waals surface area contributed by atoms with E-state index in [1.54, 1.807) is 0 Å². The molecule has 1 saturated heterocycles. The van der Waals surface area contributed by atoms with Gasteiger partial charge in [-0.15, -0.1) is 0 Å². The Morgan fingerprint density at radius 1 is 1.19 bits per heavy atom. The summed E-state index contributed by atoms with van der Waals surface area (Å²) in [5.41, 5.74) is 4.45. The molecule has 2 aliphatic heterocycles. The van der Waals surface area contributed by atoms with Gasteiger partial charge in [0.15, 0.2) is 11.1 Å². The van der Waals surface area contributed by atoms with E-state index < -0.39 is 11.1 Å². The summed E-state index contributed by atoms with van der Waals surface area (Å²) in [6.45, 7) is 2.67. The van der Waals surface area contributed by atoms with Gasteiger partial charge in [0, 0.05) is 31.1 Å². The van der Waals surface area contributed by atoms with Crippen molar-refractivity contribution >= 4 is 17.0 Å². The van der Waals surface area contributed by atoms with Crippen molar-refractivity contribution in [3.8, 4) is 11.1 Å². The molecular formula is C20H22N2O3S. The molecule has 3 unspecified atom stereocenters. The molecule has 1 amide bonds. The number of nitrogens with zero attached hydrogens (tertiary/aromatic N) is 1. The molecule has 0 bridgehead atoms. The summed E-state index contributed by atoms with van der Waals surface area (Å²) < 4.78 is 20.6. The molecule has 1 fully saturated rings. The molecule has 5 nitrogen and oxygen atoms in total. The fourth-order valence-electron chi connectivity index (χ4n) is 4.27. The molecule has 0 radical (unpaired) electrons. The zero-order valence-corrected chi connectivity index (χ0v) is 15.5. The van der Waals surface area contributed by atoms with Crippen molar-refractivity contribution in [1.29, 1.82) is 0 Å². The first-order chi connectivity index (χ1) is 12.5. The Morgan fingerprint density at radius 2 is 2.00 bits per heavy atom. The second-order valence-electron chi connectivity index (χ2n) is 7.22. The lowest BCUT2D eigenvalue weighted by molar-refractivity contribution is 0.0951. The lowest BCUT2D eigenvalue weighted by atomic mass is 9.85. The Kier molecular flexibility index (Phi) is 4.65. The fraction of sp³-hybridized carbons (Fsp3) is 0.350. The van der Waals surface area contributed by atoms with Crippen LogP contribution in [0.5, 0.6) is 0 Å². The molecule has 0 spiro atoms. The summed E-state index contributed by atoms with van der Waals surface area (Å²) >= 11 is -1.90. The van der Waals surface area contributed by atoms with Crippen LogP contribution < -0.4 is 5.32 Å². The molecule has 0 aliphatic carbocycles. The summed E-state index contributed by atoms with van der Waals surface area (Å²) in [4.78, 5) is 15.0. The smallest absolute Gasteiger partial charge is 0.251 e. The van der Waals surface area contributed by atoms with E-state index in [4.69, 9.17) is 0 Å². The number of nitrogens with one attached hydrogen (secondary N) is 1. The number of likely N-dealkylation sites (N-methyl/N-ethyl adjacent to an activating group) is 1. The number of hydrogen-bond acceptors (Lipinski definition) is 3. The molecule has 2 N–H and O–H groups in total. The van der Waals surface area contributed by atoms with Crippen LogP contribution in [-0.4, -0.2) is 46.3 Å². The van der Waals surface area contributed by atoms with Gasteiger partial charge in [0.25, 0.3) is 5.91 Å². The molecule has 2 aromatic rings. The normalized spacial score (nSPS) is 23.7. The first-order valence-corrected chi connectivity index (χ1v) is 10.1. The van der Waals surface area contributed by atoms with Crippen LogP contribution in [0.3, 0.4) is 0 Å². The maximum atomic E-state index is 12.7. The molecular weight excluding hydrogens is 348 g/mol. The van der Waals surface area contributed by atoms with Gasteiger partial charge in [-0.3, -0.25) is 4.79 Å². The van der Waals surface area contributed by atoms with Crippen molar-refractivity contribution in [1.82, 2.24) is 10.2 Å². The summed E-state index contributed by atoms with van der Waals surface area (Å²) in [5.74, 6) is 0.861. The Hall–Kier alpha value is -2.02. The van der Waals surface area contributed by atoms with Gasteiger partial charge in [0.05, 0.1) is 5.75 Å². The highest BCUT2D eigenvalue weighted by Gasteiger charge is 2.36. The second kappa shape index (κ2) is 6.95. The number of hydrogen-bond donors (Lipinski definition) is 2. The van der Waals surface area contributed by atoms with Crippen molar-refractivity contribution in [3.05, 3.63) is 59.2 Å². The standard InChI is InChI=1S/C20H22N2O3S/c1-22-10-15-9-21-20(23)18-8-13(6-7-17(18)19(15)11-22)16-5-3-2-4-14(16)12-26(24)25/h2-8,15,19H,9-12H2,1H3,(H,21,23)(H,24,25). The SMILES string of the molecule is CN1CC2CNC(=O)c3cc(-c4ccccc4CS(=O)O)ccc3C2C1. The predicted octanol–water partition coefficient (Wildman–Crippen LogP) is 2.46. The Labute approximate surface area is 155 Å². The van der Waals surface area contributed by atoms with E-state index in [1.807, 2.05) is 36.4 Å². The number of fused-ring (bicyclic) bond motifs is 3. The molecule has 3 atom stereocenters. The van der Waals surface area contributed by atoms with Gasteiger partial charge in [-0.1, -0.05) is 36.4 Å². The van der Waals surface area contributed by atoms with Crippen LogP contribution in [0.2, 0.25) is 0 Å². The molecule has 0 saturated carbocycles. The van der Waals surface area contributed by atoms with E-state index in [9.17, 15) is 13.6 Å². The van der Waals surface area contributed by atoms with Gasteiger partial charge in [-0.05, 0) is 41.3 Å². The molecule has 0 aromatic heterocycles. The van der Waals surface area contributed by atoms with Gasteiger partial charge < -0.3 is 14.8 Å². The summed E-state index contributed by atoms with van der Waals surface area (Å²) in [5, 5.41) is 3.06. The topological polar surface area (TPSA) is 69.6 Å². The number of carbonyl (C=O) groups excluding carboxylic acids is 1. The number of likely N-dealkylation sites (tertiary alicyclic amines) is 1. The first-order valence-electron chi connectivity index (χ1n) is 8.79. The highest BCUT2D eigenvalue weighted by molar-refractivity contribution is 7.78. The van der Waals surface area contributed by atoms with Gasteiger partial charge in [-0.2, -0.15) is 0 Å². The number of carbonyl (C=O) groups is 1. The Bertz CT molecular complexity index is 883. The Balaban J connectivity index is 1.78. The minimum Gasteiger partial charge on any atom is -0.352 e. The van der Waals surface area contributed by atoms with Crippen LogP contribution in [0.25, 0.3) is 11.1 Å². The third kappa shape index (κ3) is 3.20. The number of benzene rings is 2. The largest absolute Gasteiger partial charge is 0.352 e. The van der Waals surface area contributed by atoms with Gasteiger partial charge in [0.2, 0.25) is 0 Å². The highest BCUT2D eigenvalue weighted by Crippen LogP contribution is 2.37. The zero-order chi connectivity index (χ0) is 18.3. The van der Waals surface area contributed by atoms with E-state index in [1.165, 1.54) is 0 Å². The van der Waals surface area contributed by atoms with Crippen molar-refractivity contribution in [2.45, 2.75) is 11.7 Å². The van der Waals surface area contributed by atoms with Crippen LogP contribution in [0.4, 0.5) is 0 Å². The van der Waals surface area contributed by atoms with Crippen molar-refractivity contribution in [2.24, 2.45) is 5.92 Å². The first kappa shape index (κ1) is 17.4. The fourth-order valence-corrected chi connectivity index (χ4v) is 4.79. The van der Waals surface area contributed by atoms with Crippen LogP contribution in [0, 0.1) is 5.92 Å². The summed E-state index contributed by atoms with van der Waals surface area (Å²) in [6, 6.07) is 13.6. The lowest BCUT2D eigenvalue weighted by Crippen LogP contribution is -2.29. The summed E-state index contributed by atoms with van der Waals surface area (Å²) in [6.07, 6.45) is 0. The molecule has 6 heteroatoms. The molecule has 26 heavy (non-hydrogen) atoms. The third-order valence-electron chi connectivity index (χ3n) is 5.45. The molecule has 2 aromatic carbocycles. The van der Waals surface area contributed by atoms with Crippen LogP contribution >= 0.6 is 0 Å². The average molecular weight is 370 g/mol. The summed E-state index contributed by atoms with van der Waals surface area (Å²) in [7, 11) is 2.12. The van der Waals surface area contributed by atoms with Crippen LogP contribution in [0.15, 0.2) is 42.5 Å². The van der Waals surface area contributed by atoms with E-state index in [0.29, 0.717) is 18.4 Å². The number of rotatable bonds is 3.